The number of rotatable bonds is 2. The lowest BCUT2D eigenvalue weighted by molar-refractivity contribution is 0.00578. The smallest absolute Gasteiger partial charge is 0.399 e. The van der Waals surface area contributed by atoms with Gasteiger partial charge >= 0.3 is 7.12 Å². The van der Waals surface area contributed by atoms with Crippen LogP contribution in [-0.2, 0) is 14.7 Å². The molecule has 5 aliphatic rings. The standard InChI is InChI=1S/C48H42BNO2/c1-29-22-24-32-36(26-29)33-16-13-17-35-44(33)37(32)28-41-45(35)34-25-23-30(49-51-46(2,3)47(4,5)52-49)27-40(34)48(41)38-18-9-11-20-42(38)50(31-14-7-6-8-15-31)43-21-12-10-19-39(43)48/h6-25,27-29,32,36H,26H2,1-5H3. The second-order valence-electron chi connectivity index (χ2n) is 16.7. The molecule has 4 heteroatoms. The molecule has 11 rings (SSSR count). The van der Waals surface area contributed by atoms with Crippen LogP contribution in [0.3, 0.4) is 0 Å². The highest BCUT2D eigenvalue weighted by molar-refractivity contribution is 6.62. The summed E-state index contributed by atoms with van der Waals surface area (Å²) in [6, 6.07) is 45.9. The van der Waals surface area contributed by atoms with Crippen molar-refractivity contribution in [1.29, 1.82) is 0 Å². The van der Waals surface area contributed by atoms with Gasteiger partial charge in [0.1, 0.15) is 0 Å². The summed E-state index contributed by atoms with van der Waals surface area (Å²) >= 11 is 0. The van der Waals surface area contributed by atoms with Gasteiger partial charge in [-0.15, -0.1) is 0 Å². The van der Waals surface area contributed by atoms with E-state index >= 15 is 0 Å². The van der Waals surface area contributed by atoms with Crippen LogP contribution in [0.1, 0.15) is 86.3 Å². The van der Waals surface area contributed by atoms with Gasteiger partial charge in [-0.3, -0.25) is 0 Å². The van der Waals surface area contributed by atoms with E-state index in [1.807, 2.05) is 0 Å². The maximum Gasteiger partial charge on any atom is 0.494 e. The minimum atomic E-state index is -0.562. The lowest BCUT2D eigenvalue weighted by atomic mass is 9.63. The van der Waals surface area contributed by atoms with Crippen LogP contribution in [0.4, 0.5) is 17.1 Å². The first-order chi connectivity index (χ1) is 25.2. The first-order valence-corrected chi connectivity index (χ1v) is 19.0. The molecule has 254 valence electrons. The third kappa shape index (κ3) is 3.79. The molecule has 1 spiro atoms. The number of fused-ring (bicyclic) bond motifs is 13. The van der Waals surface area contributed by atoms with E-state index in [0.29, 0.717) is 17.8 Å². The number of hydrogen-bond donors (Lipinski definition) is 0. The molecule has 3 aliphatic carbocycles. The molecule has 6 aromatic carbocycles. The van der Waals surface area contributed by atoms with E-state index in [-0.39, 0.29) is 0 Å². The summed E-state index contributed by atoms with van der Waals surface area (Å²) in [5, 5.41) is 2.85. The minimum absolute atomic E-state index is 0.386. The van der Waals surface area contributed by atoms with Crippen molar-refractivity contribution >= 4 is 40.4 Å². The van der Waals surface area contributed by atoms with Crippen molar-refractivity contribution < 1.29 is 9.31 Å². The molecule has 1 fully saturated rings. The largest absolute Gasteiger partial charge is 0.494 e. The third-order valence-electron chi connectivity index (χ3n) is 13.4. The van der Waals surface area contributed by atoms with Crippen molar-refractivity contribution in [3.63, 3.8) is 0 Å². The SMILES string of the molecule is CC1C=CC2c3cc4c(c5cccc(c35)C2C1)-c1ccc(B2OC(C)(C)C(C)(C)O2)cc1C41c2ccccc2N(c2ccccc2)c2ccccc21. The molecule has 0 saturated carbocycles. The van der Waals surface area contributed by atoms with E-state index in [1.54, 1.807) is 0 Å². The van der Waals surface area contributed by atoms with Crippen LogP contribution in [-0.4, -0.2) is 18.3 Å². The van der Waals surface area contributed by atoms with E-state index in [0.717, 1.165) is 11.2 Å². The number of allylic oxidation sites excluding steroid dienone is 2. The summed E-state index contributed by atoms with van der Waals surface area (Å²) in [7, 11) is -0.459. The van der Waals surface area contributed by atoms with Crippen molar-refractivity contribution in [2.45, 2.75) is 69.5 Å². The Hall–Kier alpha value is -4.90. The molecule has 0 amide bonds. The van der Waals surface area contributed by atoms with Crippen LogP contribution in [0, 0.1) is 5.92 Å². The van der Waals surface area contributed by atoms with Gasteiger partial charge in [0.15, 0.2) is 0 Å². The molecule has 1 saturated heterocycles. The highest BCUT2D eigenvalue weighted by Gasteiger charge is 2.55. The Balaban J connectivity index is 1.27. The predicted octanol–water partition coefficient (Wildman–Crippen LogP) is 11.1. The second-order valence-corrected chi connectivity index (χ2v) is 16.7. The maximum absolute atomic E-state index is 6.72. The monoisotopic (exact) mass is 675 g/mol. The molecular weight excluding hydrogens is 633 g/mol. The van der Waals surface area contributed by atoms with Gasteiger partial charge in [-0.25, -0.2) is 0 Å². The summed E-state index contributed by atoms with van der Waals surface area (Å²) in [6.07, 6.45) is 6.16. The lowest BCUT2D eigenvalue weighted by Gasteiger charge is -2.45. The van der Waals surface area contributed by atoms with Crippen molar-refractivity contribution in [2.75, 3.05) is 4.90 Å². The molecule has 0 N–H and O–H groups in total. The Morgan fingerprint density at radius 3 is 2.02 bits per heavy atom. The zero-order valence-electron chi connectivity index (χ0n) is 30.5. The number of anilines is 3. The summed E-state index contributed by atoms with van der Waals surface area (Å²) in [6.45, 7) is 10.9. The van der Waals surface area contributed by atoms with Crippen molar-refractivity contribution in [3.05, 3.63) is 167 Å². The summed E-state index contributed by atoms with van der Waals surface area (Å²) in [4.78, 5) is 2.46. The molecule has 0 bridgehead atoms. The molecule has 3 unspecified atom stereocenters. The first-order valence-electron chi connectivity index (χ1n) is 19.0. The normalized spacial score (nSPS) is 23.4. The van der Waals surface area contributed by atoms with Crippen molar-refractivity contribution in [1.82, 2.24) is 0 Å². The Bertz CT molecular complexity index is 2450. The molecular formula is C48H42BNO2. The van der Waals surface area contributed by atoms with Gasteiger partial charge in [0.05, 0.1) is 28.0 Å². The van der Waals surface area contributed by atoms with Crippen LogP contribution in [0.15, 0.2) is 133 Å². The van der Waals surface area contributed by atoms with Crippen LogP contribution in [0.5, 0.6) is 0 Å². The zero-order chi connectivity index (χ0) is 35.1. The number of nitrogens with zero attached hydrogens (tertiary/aromatic N) is 1. The predicted molar refractivity (Wildman–Crippen MR) is 214 cm³/mol. The number of hydrogen-bond acceptors (Lipinski definition) is 3. The van der Waals surface area contributed by atoms with Gasteiger partial charge in [-0.1, -0.05) is 116 Å². The number of para-hydroxylation sites is 3. The Labute approximate surface area is 307 Å². The topological polar surface area (TPSA) is 21.7 Å². The van der Waals surface area contributed by atoms with Crippen molar-refractivity contribution in [3.8, 4) is 11.1 Å². The van der Waals surface area contributed by atoms with E-state index in [4.69, 9.17) is 9.31 Å². The van der Waals surface area contributed by atoms with Gasteiger partial charge in [0.25, 0.3) is 0 Å². The Morgan fingerprint density at radius 1 is 0.635 bits per heavy atom. The van der Waals surface area contributed by atoms with Gasteiger partial charge in [-0.2, -0.15) is 0 Å². The molecule has 52 heavy (non-hydrogen) atoms. The van der Waals surface area contributed by atoms with Crippen LogP contribution < -0.4 is 10.4 Å². The highest BCUT2D eigenvalue weighted by Crippen LogP contribution is 2.66. The highest BCUT2D eigenvalue weighted by atomic mass is 16.7. The summed E-state index contributed by atoms with van der Waals surface area (Å²) in [5.74, 6) is 1.48. The molecule has 0 aromatic heterocycles. The fourth-order valence-corrected chi connectivity index (χ4v) is 10.5. The van der Waals surface area contributed by atoms with Crippen LogP contribution in [0.2, 0.25) is 0 Å². The van der Waals surface area contributed by atoms with Gasteiger partial charge in [-0.05, 0) is 131 Å². The summed E-state index contributed by atoms with van der Waals surface area (Å²) in [5.41, 5.74) is 14.2. The molecule has 0 radical (unpaired) electrons. The quantitative estimate of drug-likeness (QED) is 0.134. The number of benzene rings is 6. The Kier molecular flexibility index (Phi) is 6.12. The fraction of sp³-hybridized carbons (Fsp3) is 0.250. The molecule has 3 nitrogen and oxygen atoms in total. The van der Waals surface area contributed by atoms with Crippen LogP contribution in [0.25, 0.3) is 21.9 Å². The third-order valence-corrected chi connectivity index (χ3v) is 13.4. The average molecular weight is 676 g/mol. The van der Waals surface area contributed by atoms with Crippen molar-refractivity contribution in [2.24, 2.45) is 5.92 Å². The van der Waals surface area contributed by atoms with E-state index in [2.05, 4.69) is 173 Å². The lowest BCUT2D eigenvalue weighted by Crippen LogP contribution is -2.41. The second kappa shape index (κ2) is 10.4. The summed E-state index contributed by atoms with van der Waals surface area (Å²) < 4.78 is 13.4. The maximum atomic E-state index is 6.72. The van der Waals surface area contributed by atoms with E-state index < -0.39 is 23.7 Å². The van der Waals surface area contributed by atoms with E-state index in [9.17, 15) is 0 Å². The van der Waals surface area contributed by atoms with Gasteiger partial charge in [0.2, 0.25) is 0 Å². The van der Waals surface area contributed by atoms with E-state index in [1.165, 1.54) is 73.1 Å². The van der Waals surface area contributed by atoms with Gasteiger partial charge in [0, 0.05) is 11.6 Å². The molecule has 6 aromatic rings. The molecule has 3 atom stereocenters. The average Bonchev–Trinajstić information content (AvgIpc) is 3.71. The molecule has 2 aliphatic heterocycles. The first kappa shape index (κ1) is 30.7. The molecule has 2 heterocycles. The van der Waals surface area contributed by atoms with Gasteiger partial charge < -0.3 is 14.2 Å². The minimum Gasteiger partial charge on any atom is -0.399 e. The van der Waals surface area contributed by atoms with Crippen LogP contribution >= 0.6 is 0 Å². The zero-order valence-corrected chi connectivity index (χ0v) is 30.5. The fourth-order valence-electron chi connectivity index (χ4n) is 10.5. The Morgan fingerprint density at radius 2 is 1.31 bits per heavy atom.